The average molecular weight is 462 g/mol. The SMILES string of the molecule is c1ccc(Nc2ccc(-c3ccc(-c4cccc5ccccc45)cc3)c3oc4ccccc4c23)cc1. The Kier molecular flexibility index (Phi) is 4.82. The van der Waals surface area contributed by atoms with Crippen molar-refractivity contribution in [3.8, 4) is 22.3 Å². The molecule has 6 aromatic carbocycles. The van der Waals surface area contributed by atoms with Crippen molar-refractivity contribution in [3.63, 3.8) is 0 Å². The highest BCUT2D eigenvalue weighted by Gasteiger charge is 2.16. The fraction of sp³-hybridized carbons (Fsp3) is 0. The zero-order valence-corrected chi connectivity index (χ0v) is 19.6. The summed E-state index contributed by atoms with van der Waals surface area (Å²) in [6, 6.07) is 46.7. The first-order chi connectivity index (χ1) is 17.8. The minimum atomic E-state index is 0.892. The van der Waals surface area contributed by atoms with Gasteiger partial charge in [0.2, 0.25) is 0 Å². The van der Waals surface area contributed by atoms with Crippen LogP contribution in [0.15, 0.2) is 138 Å². The van der Waals surface area contributed by atoms with E-state index in [2.05, 4.69) is 108 Å². The van der Waals surface area contributed by atoms with Gasteiger partial charge in [0, 0.05) is 16.6 Å². The molecule has 7 aromatic rings. The van der Waals surface area contributed by atoms with Gasteiger partial charge in [-0.15, -0.1) is 0 Å². The molecule has 0 radical (unpaired) electrons. The van der Waals surface area contributed by atoms with Crippen LogP contribution in [-0.4, -0.2) is 0 Å². The zero-order chi connectivity index (χ0) is 23.9. The molecule has 0 aliphatic carbocycles. The number of fused-ring (bicyclic) bond motifs is 4. The molecule has 0 spiro atoms. The molecule has 0 aliphatic heterocycles. The summed E-state index contributed by atoms with van der Waals surface area (Å²) >= 11 is 0. The lowest BCUT2D eigenvalue weighted by Crippen LogP contribution is -1.91. The Morgan fingerprint density at radius 1 is 0.472 bits per heavy atom. The zero-order valence-electron chi connectivity index (χ0n) is 19.6. The van der Waals surface area contributed by atoms with E-state index in [1.807, 2.05) is 30.3 Å². The highest BCUT2D eigenvalue weighted by Crippen LogP contribution is 2.41. The molecule has 1 N–H and O–H groups in total. The second-order valence-electron chi connectivity index (χ2n) is 9.06. The van der Waals surface area contributed by atoms with Crippen molar-refractivity contribution in [3.05, 3.63) is 133 Å². The van der Waals surface area contributed by atoms with Crippen molar-refractivity contribution in [1.29, 1.82) is 0 Å². The van der Waals surface area contributed by atoms with Crippen molar-refractivity contribution in [1.82, 2.24) is 0 Å². The van der Waals surface area contributed by atoms with Crippen molar-refractivity contribution < 1.29 is 4.42 Å². The molecule has 1 aromatic heterocycles. The Bertz CT molecular complexity index is 1840. The van der Waals surface area contributed by atoms with Crippen LogP contribution < -0.4 is 5.32 Å². The molecule has 0 saturated carbocycles. The number of hydrogen-bond donors (Lipinski definition) is 1. The Morgan fingerprint density at radius 2 is 1.14 bits per heavy atom. The highest BCUT2D eigenvalue weighted by molar-refractivity contribution is 6.16. The molecule has 0 bridgehead atoms. The van der Waals surface area contributed by atoms with Gasteiger partial charge in [0.25, 0.3) is 0 Å². The molecule has 7 rings (SSSR count). The first kappa shape index (κ1) is 20.5. The number of benzene rings is 6. The largest absolute Gasteiger partial charge is 0.455 e. The molecular weight excluding hydrogens is 438 g/mol. The fourth-order valence-electron chi connectivity index (χ4n) is 5.14. The number of furan rings is 1. The summed E-state index contributed by atoms with van der Waals surface area (Å²) in [7, 11) is 0. The van der Waals surface area contributed by atoms with Crippen LogP contribution in [0.2, 0.25) is 0 Å². The predicted octanol–water partition coefficient (Wildman–Crippen LogP) is 9.82. The van der Waals surface area contributed by atoms with Crippen molar-refractivity contribution in [2.75, 3.05) is 5.32 Å². The lowest BCUT2D eigenvalue weighted by atomic mass is 9.95. The third-order valence-electron chi connectivity index (χ3n) is 6.88. The Morgan fingerprint density at radius 3 is 1.97 bits per heavy atom. The normalized spacial score (nSPS) is 11.3. The highest BCUT2D eigenvalue weighted by atomic mass is 16.3. The quantitative estimate of drug-likeness (QED) is 0.282. The first-order valence-corrected chi connectivity index (χ1v) is 12.2. The van der Waals surface area contributed by atoms with E-state index in [9.17, 15) is 0 Å². The number of anilines is 2. The van der Waals surface area contributed by atoms with E-state index >= 15 is 0 Å². The summed E-state index contributed by atoms with van der Waals surface area (Å²) in [6.45, 7) is 0. The minimum absolute atomic E-state index is 0.892. The Labute approximate surface area is 209 Å². The number of nitrogens with one attached hydrogen (secondary N) is 1. The van der Waals surface area contributed by atoms with Crippen molar-refractivity contribution in [2.24, 2.45) is 0 Å². The van der Waals surface area contributed by atoms with E-state index in [0.717, 1.165) is 44.4 Å². The Balaban J connectivity index is 1.36. The molecule has 36 heavy (non-hydrogen) atoms. The van der Waals surface area contributed by atoms with Gasteiger partial charge in [-0.1, -0.05) is 103 Å². The van der Waals surface area contributed by atoms with Crippen LogP contribution in [0.5, 0.6) is 0 Å². The van der Waals surface area contributed by atoms with Crippen molar-refractivity contribution >= 4 is 44.1 Å². The second-order valence-corrected chi connectivity index (χ2v) is 9.06. The third-order valence-corrected chi connectivity index (χ3v) is 6.88. The maximum Gasteiger partial charge on any atom is 0.145 e. The van der Waals surface area contributed by atoms with Crippen LogP contribution in [0.25, 0.3) is 55.0 Å². The van der Waals surface area contributed by atoms with Crippen molar-refractivity contribution in [2.45, 2.75) is 0 Å². The molecular formula is C34H23NO. The third kappa shape index (κ3) is 3.43. The summed E-state index contributed by atoms with van der Waals surface area (Å²) < 4.78 is 6.45. The summed E-state index contributed by atoms with van der Waals surface area (Å²) in [5, 5.41) is 8.33. The molecule has 0 atom stereocenters. The number of rotatable bonds is 4. The molecule has 1 heterocycles. The van der Waals surface area contributed by atoms with Gasteiger partial charge >= 0.3 is 0 Å². The van der Waals surface area contributed by atoms with Gasteiger partial charge < -0.3 is 9.73 Å². The topological polar surface area (TPSA) is 25.2 Å². The molecule has 0 saturated heterocycles. The van der Waals surface area contributed by atoms with Crippen LogP contribution in [0.1, 0.15) is 0 Å². The van der Waals surface area contributed by atoms with Gasteiger partial charge in [-0.25, -0.2) is 0 Å². The fourth-order valence-corrected chi connectivity index (χ4v) is 5.14. The molecule has 2 heteroatoms. The van der Waals surface area contributed by atoms with Gasteiger partial charge in [-0.05, 0) is 57.8 Å². The van der Waals surface area contributed by atoms with E-state index in [-0.39, 0.29) is 0 Å². The van der Waals surface area contributed by atoms with Crippen LogP contribution in [0.4, 0.5) is 11.4 Å². The summed E-state index contributed by atoms with van der Waals surface area (Å²) in [4.78, 5) is 0. The van der Waals surface area contributed by atoms with Crippen LogP contribution in [0.3, 0.4) is 0 Å². The van der Waals surface area contributed by atoms with E-state index in [4.69, 9.17) is 4.42 Å². The van der Waals surface area contributed by atoms with Gasteiger partial charge in [-0.3, -0.25) is 0 Å². The van der Waals surface area contributed by atoms with Gasteiger partial charge in [0.15, 0.2) is 0 Å². The summed E-state index contributed by atoms with van der Waals surface area (Å²) in [6.07, 6.45) is 0. The predicted molar refractivity (Wildman–Crippen MR) is 152 cm³/mol. The van der Waals surface area contributed by atoms with E-state index in [1.165, 1.54) is 21.9 Å². The number of hydrogen-bond acceptors (Lipinski definition) is 2. The van der Waals surface area contributed by atoms with Gasteiger partial charge in [-0.2, -0.15) is 0 Å². The minimum Gasteiger partial charge on any atom is -0.455 e. The molecule has 0 amide bonds. The standard InChI is InChI=1S/C34H23NO/c1-2-11-26(12-3-1)35-31-22-21-29(34-33(31)30-14-6-7-16-32(30)36-34)25-19-17-24(18-20-25)28-15-8-10-23-9-4-5-13-27(23)28/h1-22,35H. The monoisotopic (exact) mass is 461 g/mol. The average Bonchev–Trinajstić information content (AvgIpc) is 3.34. The molecule has 0 unspecified atom stereocenters. The number of para-hydroxylation sites is 2. The first-order valence-electron chi connectivity index (χ1n) is 12.2. The lowest BCUT2D eigenvalue weighted by molar-refractivity contribution is 0.670. The molecule has 0 fully saturated rings. The Hall–Kier alpha value is -4.82. The summed E-state index contributed by atoms with van der Waals surface area (Å²) in [5.74, 6) is 0. The van der Waals surface area contributed by atoms with E-state index in [1.54, 1.807) is 0 Å². The molecule has 0 aliphatic rings. The summed E-state index contributed by atoms with van der Waals surface area (Å²) in [5.41, 5.74) is 8.56. The smallest absolute Gasteiger partial charge is 0.145 e. The van der Waals surface area contributed by atoms with Crippen LogP contribution >= 0.6 is 0 Å². The second kappa shape index (κ2) is 8.44. The van der Waals surface area contributed by atoms with E-state index in [0.29, 0.717) is 0 Å². The van der Waals surface area contributed by atoms with Crippen LogP contribution in [0, 0.1) is 0 Å². The lowest BCUT2D eigenvalue weighted by Gasteiger charge is -2.11. The van der Waals surface area contributed by atoms with Crippen LogP contribution in [-0.2, 0) is 0 Å². The molecule has 170 valence electrons. The maximum atomic E-state index is 6.45. The molecule has 2 nitrogen and oxygen atoms in total. The maximum absolute atomic E-state index is 6.45. The van der Waals surface area contributed by atoms with E-state index < -0.39 is 0 Å². The van der Waals surface area contributed by atoms with Gasteiger partial charge in [0.1, 0.15) is 11.2 Å². The van der Waals surface area contributed by atoms with Gasteiger partial charge in [0.05, 0.1) is 11.1 Å².